The monoisotopic (exact) mass is 311 g/mol. The van der Waals surface area contributed by atoms with Gasteiger partial charge in [-0.05, 0) is 37.8 Å². The van der Waals surface area contributed by atoms with Crippen molar-refractivity contribution in [2.75, 3.05) is 20.1 Å². The van der Waals surface area contributed by atoms with Crippen LogP contribution in [0.4, 0.5) is 0 Å². The number of piperidine rings is 1. The van der Waals surface area contributed by atoms with Crippen molar-refractivity contribution >= 4 is 10.0 Å². The van der Waals surface area contributed by atoms with Gasteiger partial charge in [0.05, 0.1) is 4.90 Å². The van der Waals surface area contributed by atoms with E-state index in [9.17, 15) is 8.42 Å². The average molecular weight is 311 g/mol. The normalized spacial score (nSPS) is 27.5. The molecule has 0 spiro atoms. The summed E-state index contributed by atoms with van der Waals surface area (Å²) in [5, 5.41) is 3.03. The number of H-pyrrole nitrogens is 1. The summed E-state index contributed by atoms with van der Waals surface area (Å²) < 4.78 is 27.2. The Morgan fingerprint density at radius 3 is 2.81 bits per heavy atom. The predicted octanol–water partition coefficient (Wildman–Crippen LogP) is 1.93. The quantitative estimate of drug-likeness (QED) is 0.893. The lowest BCUT2D eigenvalue weighted by Gasteiger charge is -2.40. The standard InChI is InChI=1S/C15H25N3O2S/c1-16-9-14-8-15(10-17-14)21(19,20)18-7-6-12-4-2-3-5-13(12)11-18/h8,10,12-13,16-17H,2-7,9,11H2,1H3. The van der Waals surface area contributed by atoms with Gasteiger partial charge in [0.25, 0.3) is 0 Å². The van der Waals surface area contributed by atoms with E-state index >= 15 is 0 Å². The molecule has 3 rings (SSSR count). The van der Waals surface area contributed by atoms with E-state index in [1.165, 1.54) is 25.7 Å². The Bertz CT molecular complexity index is 581. The molecule has 1 aliphatic heterocycles. The Labute approximate surface area is 127 Å². The van der Waals surface area contributed by atoms with Crippen LogP contribution in [0.25, 0.3) is 0 Å². The van der Waals surface area contributed by atoms with Gasteiger partial charge >= 0.3 is 0 Å². The maximum atomic E-state index is 12.8. The largest absolute Gasteiger partial charge is 0.363 e. The Morgan fingerprint density at radius 1 is 1.29 bits per heavy atom. The van der Waals surface area contributed by atoms with E-state index in [0.717, 1.165) is 18.0 Å². The molecule has 6 heteroatoms. The summed E-state index contributed by atoms with van der Waals surface area (Å²) in [5.41, 5.74) is 0.906. The van der Waals surface area contributed by atoms with Crippen LogP contribution >= 0.6 is 0 Å². The third kappa shape index (κ3) is 3.03. The van der Waals surface area contributed by atoms with Crippen molar-refractivity contribution in [3.63, 3.8) is 0 Å². The highest BCUT2D eigenvalue weighted by Crippen LogP contribution is 2.37. The summed E-state index contributed by atoms with van der Waals surface area (Å²) in [6.45, 7) is 2.04. The van der Waals surface area contributed by atoms with Gasteiger partial charge in [0.15, 0.2) is 0 Å². The maximum absolute atomic E-state index is 12.8. The summed E-state index contributed by atoms with van der Waals surface area (Å²) >= 11 is 0. The average Bonchev–Trinajstić information content (AvgIpc) is 2.96. The minimum atomic E-state index is -3.34. The summed E-state index contributed by atoms with van der Waals surface area (Å²) in [6, 6.07) is 1.75. The van der Waals surface area contributed by atoms with Crippen LogP contribution in [0.15, 0.2) is 17.2 Å². The summed E-state index contributed by atoms with van der Waals surface area (Å²) in [7, 11) is -1.49. The molecule has 2 N–H and O–H groups in total. The van der Waals surface area contributed by atoms with Crippen molar-refractivity contribution in [3.05, 3.63) is 18.0 Å². The van der Waals surface area contributed by atoms with E-state index in [0.29, 0.717) is 30.4 Å². The first-order valence-electron chi connectivity index (χ1n) is 7.93. The van der Waals surface area contributed by atoms with Gasteiger partial charge in [0.1, 0.15) is 0 Å². The van der Waals surface area contributed by atoms with Gasteiger partial charge in [-0.25, -0.2) is 8.42 Å². The van der Waals surface area contributed by atoms with Gasteiger partial charge in [-0.15, -0.1) is 0 Å². The van der Waals surface area contributed by atoms with Gasteiger partial charge in [-0.1, -0.05) is 19.3 Å². The minimum Gasteiger partial charge on any atom is -0.363 e. The fourth-order valence-electron chi connectivity index (χ4n) is 3.80. The highest BCUT2D eigenvalue weighted by Gasteiger charge is 2.36. The first-order valence-corrected chi connectivity index (χ1v) is 9.37. The molecular formula is C15H25N3O2S. The van der Waals surface area contributed by atoms with Crippen molar-refractivity contribution in [1.82, 2.24) is 14.6 Å². The molecule has 21 heavy (non-hydrogen) atoms. The molecule has 1 aromatic rings. The molecule has 0 aromatic carbocycles. The minimum absolute atomic E-state index is 0.405. The van der Waals surface area contributed by atoms with Gasteiger partial charge in [0, 0.05) is 31.5 Å². The zero-order valence-corrected chi connectivity index (χ0v) is 13.5. The number of fused-ring (bicyclic) bond motifs is 1. The molecule has 0 radical (unpaired) electrons. The number of hydrogen-bond acceptors (Lipinski definition) is 3. The Hall–Kier alpha value is -0.850. The Balaban J connectivity index is 1.75. The second-order valence-corrected chi connectivity index (χ2v) is 8.29. The molecular weight excluding hydrogens is 286 g/mol. The molecule has 2 atom stereocenters. The Kier molecular flexibility index (Phi) is 4.38. The molecule has 118 valence electrons. The molecule has 1 saturated heterocycles. The lowest BCUT2D eigenvalue weighted by Crippen LogP contribution is -2.44. The van der Waals surface area contributed by atoms with Crippen LogP contribution in [-0.2, 0) is 16.6 Å². The molecule has 2 aliphatic rings. The van der Waals surface area contributed by atoms with Gasteiger partial charge in [-0.2, -0.15) is 4.31 Å². The summed E-state index contributed by atoms with van der Waals surface area (Å²) in [6.07, 6.45) is 7.70. The first kappa shape index (κ1) is 15.1. The molecule has 0 amide bonds. The fraction of sp³-hybridized carbons (Fsp3) is 0.733. The second-order valence-electron chi connectivity index (χ2n) is 6.35. The lowest BCUT2D eigenvalue weighted by molar-refractivity contribution is 0.136. The van der Waals surface area contributed by atoms with E-state index in [4.69, 9.17) is 0 Å². The number of nitrogens with one attached hydrogen (secondary N) is 2. The highest BCUT2D eigenvalue weighted by molar-refractivity contribution is 7.89. The smallest absolute Gasteiger partial charge is 0.244 e. The predicted molar refractivity (Wildman–Crippen MR) is 82.4 cm³/mol. The van der Waals surface area contributed by atoms with Crippen LogP contribution in [0.5, 0.6) is 0 Å². The van der Waals surface area contributed by atoms with E-state index in [1.54, 1.807) is 16.6 Å². The molecule has 2 unspecified atom stereocenters. The van der Waals surface area contributed by atoms with Crippen LogP contribution in [0.1, 0.15) is 37.8 Å². The van der Waals surface area contributed by atoms with Gasteiger partial charge in [-0.3, -0.25) is 0 Å². The number of nitrogens with zero attached hydrogens (tertiary/aromatic N) is 1. The summed E-state index contributed by atoms with van der Waals surface area (Å²) in [5.74, 6) is 1.31. The van der Waals surface area contributed by atoms with E-state index < -0.39 is 10.0 Å². The van der Waals surface area contributed by atoms with Gasteiger partial charge in [0.2, 0.25) is 10.0 Å². The number of rotatable bonds is 4. The van der Waals surface area contributed by atoms with Gasteiger partial charge < -0.3 is 10.3 Å². The Morgan fingerprint density at radius 2 is 2.05 bits per heavy atom. The SMILES string of the molecule is CNCc1cc(S(=O)(=O)N2CCC3CCCCC3C2)c[nH]1. The van der Waals surface area contributed by atoms with E-state index in [-0.39, 0.29) is 0 Å². The second kappa shape index (κ2) is 6.10. The molecule has 2 heterocycles. The van der Waals surface area contributed by atoms with Crippen molar-refractivity contribution in [2.24, 2.45) is 11.8 Å². The lowest BCUT2D eigenvalue weighted by atomic mass is 9.76. The highest BCUT2D eigenvalue weighted by atomic mass is 32.2. The van der Waals surface area contributed by atoms with Crippen molar-refractivity contribution in [1.29, 1.82) is 0 Å². The molecule has 1 aliphatic carbocycles. The molecule has 1 aromatic heterocycles. The number of aromatic nitrogens is 1. The number of sulfonamides is 1. The van der Waals surface area contributed by atoms with Crippen LogP contribution in [0, 0.1) is 11.8 Å². The van der Waals surface area contributed by atoms with Crippen LogP contribution in [0.3, 0.4) is 0 Å². The molecule has 1 saturated carbocycles. The van der Waals surface area contributed by atoms with Crippen LogP contribution < -0.4 is 5.32 Å². The van der Waals surface area contributed by atoms with Crippen molar-refractivity contribution < 1.29 is 8.42 Å². The van der Waals surface area contributed by atoms with E-state index in [1.807, 2.05) is 7.05 Å². The molecule has 2 fully saturated rings. The number of aromatic amines is 1. The van der Waals surface area contributed by atoms with E-state index in [2.05, 4.69) is 10.3 Å². The fourth-order valence-corrected chi connectivity index (χ4v) is 5.33. The van der Waals surface area contributed by atoms with Crippen LogP contribution in [0.2, 0.25) is 0 Å². The first-order chi connectivity index (χ1) is 10.1. The van der Waals surface area contributed by atoms with Crippen molar-refractivity contribution in [2.45, 2.75) is 43.5 Å². The number of hydrogen-bond donors (Lipinski definition) is 2. The van der Waals surface area contributed by atoms with Crippen molar-refractivity contribution in [3.8, 4) is 0 Å². The topological polar surface area (TPSA) is 65.2 Å². The third-order valence-corrected chi connectivity index (χ3v) is 6.82. The third-order valence-electron chi connectivity index (χ3n) is 4.98. The molecule has 0 bridgehead atoms. The zero-order valence-electron chi connectivity index (χ0n) is 12.6. The van der Waals surface area contributed by atoms with Crippen LogP contribution in [-0.4, -0.2) is 37.8 Å². The maximum Gasteiger partial charge on any atom is 0.244 e. The zero-order chi connectivity index (χ0) is 14.9. The molecule has 5 nitrogen and oxygen atoms in total. The summed E-state index contributed by atoms with van der Waals surface area (Å²) in [4.78, 5) is 3.44.